The standard InChI is InChI=1S/C16H16N2O4S2/c19-15(18-13-6-8-24(21,22)10-13)11-3-1-4-12(9-11)17-16(20)14-5-2-7-23-14/h1-5,7,9,13H,6,8,10H2,(H,17,20)(H,18,19). The number of thiophene rings is 1. The third-order valence-corrected chi connectivity index (χ3v) is 6.33. The second-order valence-electron chi connectivity index (χ2n) is 5.59. The second kappa shape index (κ2) is 6.74. The largest absolute Gasteiger partial charge is 0.348 e. The van der Waals surface area contributed by atoms with E-state index in [1.54, 1.807) is 36.4 Å². The predicted molar refractivity (Wildman–Crippen MR) is 93.2 cm³/mol. The van der Waals surface area contributed by atoms with E-state index in [1.807, 2.05) is 5.38 Å². The molecule has 0 saturated carbocycles. The molecule has 1 aromatic carbocycles. The number of amides is 2. The van der Waals surface area contributed by atoms with Gasteiger partial charge >= 0.3 is 0 Å². The number of anilines is 1. The number of carbonyl (C=O) groups is 2. The lowest BCUT2D eigenvalue weighted by atomic mass is 10.1. The summed E-state index contributed by atoms with van der Waals surface area (Å²) in [5, 5.41) is 7.29. The van der Waals surface area contributed by atoms with E-state index in [-0.39, 0.29) is 29.4 Å². The van der Waals surface area contributed by atoms with Gasteiger partial charge in [0.1, 0.15) is 0 Å². The van der Waals surface area contributed by atoms with Crippen molar-refractivity contribution in [1.82, 2.24) is 5.32 Å². The monoisotopic (exact) mass is 364 g/mol. The molecule has 1 fully saturated rings. The second-order valence-corrected chi connectivity index (χ2v) is 8.76. The number of hydrogen-bond donors (Lipinski definition) is 2. The Morgan fingerprint density at radius 2 is 1.96 bits per heavy atom. The van der Waals surface area contributed by atoms with Gasteiger partial charge < -0.3 is 10.6 Å². The number of benzene rings is 1. The Morgan fingerprint density at radius 3 is 2.62 bits per heavy atom. The minimum absolute atomic E-state index is 0.0203. The zero-order valence-corrected chi connectivity index (χ0v) is 14.3. The van der Waals surface area contributed by atoms with Crippen LogP contribution in [0.2, 0.25) is 0 Å². The van der Waals surface area contributed by atoms with E-state index < -0.39 is 9.84 Å². The maximum absolute atomic E-state index is 12.3. The lowest BCUT2D eigenvalue weighted by Crippen LogP contribution is -2.35. The number of rotatable bonds is 4. The molecule has 1 aliphatic heterocycles. The van der Waals surface area contributed by atoms with Crippen LogP contribution in [0, 0.1) is 0 Å². The molecule has 2 aromatic rings. The van der Waals surface area contributed by atoms with Gasteiger partial charge in [-0.2, -0.15) is 0 Å². The van der Waals surface area contributed by atoms with Crippen LogP contribution in [-0.4, -0.2) is 37.8 Å². The van der Waals surface area contributed by atoms with E-state index >= 15 is 0 Å². The van der Waals surface area contributed by atoms with Crippen LogP contribution >= 0.6 is 11.3 Å². The van der Waals surface area contributed by atoms with Gasteiger partial charge in [0.2, 0.25) is 0 Å². The van der Waals surface area contributed by atoms with Crippen LogP contribution in [0.3, 0.4) is 0 Å². The molecule has 1 aromatic heterocycles. The number of sulfone groups is 1. The summed E-state index contributed by atoms with van der Waals surface area (Å²) in [6.07, 6.45) is 0.433. The van der Waals surface area contributed by atoms with Crippen molar-refractivity contribution < 1.29 is 18.0 Å². The summed E-state index contributed by atoms with van der Waals surface area (Å²) < 4.78 is 22.9. The average molecular weight is 364 g/mol. The Balaban J connectivity index is 1.66. The molecule has 3 rings (SSSR count). The zero-order chi connectivity index (χ0) is 17.2. The molecule has 2 heterocycles. The van der Waals surface area contributed by atoms with Crippen molar-refractivity contribution >= 4 is 38.7 Å². The molecule has 1 saturated heterocycles. The van der Waals surface area contributed by atoms with E-state index in [1.165, 1.54) is 11.3 Å². The molecule has 1 aliphatic rings. The van der Waals surface area contributed by atoms with Crippen LogP contribution in [0.15, 0.2) is 41.8 Å². The average Bonchev–Trinajstić information content (AvgIpc) is 3.17. The highest BCUT2D eigenvalue weighted by Crippen LogP contribution is 2.16. The van der Waals surface area contributed by atoms with Gasteiger partial charge in [0.05, 0.1) is 16.4 Å². The molecule has 2 amide bonds. The molecule has 126 valence electrons. The van der Waals surface area contributed by atoms with Crippen LogP contribution in [-0.2, 0) is 9.84 Å². The molecule has 2 N–H and O–H groups in total. The molecule has 0 aliphatic carbocycles. The Kier molecular flexibility index (Phi) is 4.68. The smallest absolute Gasteiger partial charge is 0.265 e. The van der Waals surface area contributed by atoms with E-state index in [2.05, 4.69) is 10.6 Å². The normalized spacial score (nSPS) is 18.9. The van der Waals surface area contributed by atoms with E-state index in [4.69, 9.17) is 0 Å². The third kappa shape index (κ3) is 4.01. The van der Waals surface area contributed by atoms with Crippen LogP contribution in [0.4, 0.5) is 5.69 Å². The summed E-state index contributed by atoms with van der Waals surface area (Å²) >= 11 is 1.33. The van der Waals surface area contributed by atoms with Crippen molar-refractivity contribution in [3.05, 3.63) is 52.2 Å². The lowest BCUT2D eigenvalue weighted by Gasteiger charge is -2.11. The molecule has 6 nitrogen and oxygen atoms in total. The fourth-order valence-corrected chi connectivity index (χ4v) is 4.81. The van der Waals surface area contributed by atoms with E-state index in [0.717, 1.165) is 0 Å². The van der Waals surface area contributed by atoms with Gasteiger partial charge in [-0.3, -0.25) is 9.59 Å². The molecular weight excluding hydrogens is 348 g/mol. The number of nitrogens with one attached hydrogen (secondary N) is 2. The van der Waals surface area contributed by atoms with Gasteiger partial charge in [-0.1, -0.05) is 12.1 Å². The molecule has 8 heteroatoms. The van der Waals surface area contributed by atoms with Crippen LogP contribution < -0.4 is 10.6 Å². The van der Waals surface area contributed by atoms with Crippen molar-refractivity contribution in [2.24, 2.45) is 0 Å². The predicted octanol–water partition coefficient (Wildman–Crippen LogP) is 1.92. The number of carbonyl (C=O) groups excluding carboxylic acids is 2. The highest BCUT2D eigenvalue weighted by Gasteiger charge is 2.29. The zero-order valence-electron chi connectivity index (χ0n) is 12.7. The van der Waals surface area contributed by atoms with Crippen molar-refractivity contribution in [3.63, 3.8) is 0 Å². The van der Waals surface area contributed by atoms with Crippen molar-refractivity contribution in [1.29, 1.82) is 0 Å². The Labute approximate surface area is 143 Å². The molecule has 24 heavy (non-hydrogen) atoms. The van der Waals surface area contributed by atoms with Gasteiger partial charge in [-0.25, -0.2) is 8.42 Å². The minimum Gasteiger partial charge on any atom is -0.348 e. The highest BCUT2D eigenvalue weighted by atomic mass is 32.2. The Hall–Kier alpha value is -2.19. The quantitative estimate of drug-likeness (QED) is 0.867. The lowest BCUT2D eigenvalue weighted by molar-refractivity contribution is 0.0940. The van der Waals surface area contributed by atoms with Crippen molar-refractivity contribution in [2.45, 2.75) is 12.5 Å². The van der Waals surface area contributed by atoms with Gasteiger partial charge in [0, 0.05) is 17.3 Å². The number of hydrogen-bond acceptors (Lipinski definition) is 5. The van der Waals surface area contributed by atoms with Crippen molar-refractivity contribution in [2.75, 3.05) is 16.8 Å². The van der Waals surface area contributed by atoms with Crippen LogP contribution in [0.5, 0.6) is 0 Å². The highest BCUT2D eigenvalue weighted by molar-refractivity contribution is 7.91. The summed E-state index contributed by atoms with van der Waals surface area (Å²) in [5.74, 6) is -0.489. The van der Waals surface area contributed by atoms with Crippen LogP contribution in [0.25, 0.3) is 0 Å². The van der Waals surface area contributed by atoms with Crippen LogP contribution in [0.1, 0.15) is 26.5 Å². The first-order chi connectivity index (χ1) is 11.4. The maximum Gasteiger partial charge on any atom is 0.265 e. The molecule has 0 spiro atoms. The maximum atomic E-state index is 12.3. The fraction of sp³-hybridized carbons (Fsp3) is 0.250. The van der Waals surface area contributed by atoms with E-state index in [9.17, 15) is 18.0 Å². The third-order valence-electron chi connectivity index (χ3n) is 3.70. The Morgan fingerprint density at radius 1 is 1.12 bits per heavy atom. The van der Waals surface area contributed by atoms with Gasteiger partial charge in [-0.05, 0) is 36.1 Å². The molecule has 0 radical (unpaired) electrons. The molecule has 1 unspecified atom stereocenters. The molecule has 0 bridgehead atoms. The van der Waals surface area contributed by atoms with Gasteiger partial charge in [-0.15, -0.1) is 11.3 Å². The first-order valence-electron chi connectivity index (χ1n) is 7.39. The summed E-state index contributed by atoms with van der Waals surface area (Å²) in [6.45, 7) is 0. The molecular formula is C16H16N2O4S2. The van der Waals surface area contributed by atoms with Gasteiger partial charge in [0.15, 0.2) is 9.84 Å². The van der Waals surface area contributed by atoms with E-state index in [0.29, 0.717) is 22.5 Å². The summed E-state index contributed by atoms with van der Waals surface area (Å²) in [7, 11) is -3.04. The first-order valence-corrected chi connectivity index (χ1v) is 10.1. The minimum atomic E-state index is -3.04. The Bertz CT molecular complexity index is 860. The van der Waals surface area contributed by atoms with Crippen molar-refractivity contribution in [3.8, 4) is 0 Å². The SMILES string of the molecule is O=C(NC1CCS(=O)(=O)C1)c1cccc(NC(=O)c2cccs2)c1. The van der Waals surface area contributed by atoms with Gasteiger partial charge in [0.25, 0.3) is 11.8 Å². The fourth-order valence-electron chi connectivity index (χ4n) is 2.52. The first kappa shape index (κ1) is 16.7. The summed E-state index contributed by atoms with van der Waals surface area (Å²) in [4.78, 5) is 24.9. The topological polar surface area (TPSA) is 92.3 Å². The summed E-state index contributed by atoms with van der Waals surface area (Å²) in [6, 6.07) is 9.72. The molecule has 1 atom stereocenters. The summed E-state index contributed by atoms with van der Waals surface area (Å²) in [5.41, 5.74) is 0.892.